The van der Waals surface area contributed by atoms with Crippen LogP contribution in [0.1, 0.15) is 37.4 Å². The molecule has 0 saturated carbocycles. The Balaban J connectivity index is 2.16. The Hall–Kier alpha value is -4.28. The predicted octanol–water partition coefficient (Wildman–Crippen LogP) is 1.95. The van der Waals surface area contributed by atoms with E-state index in [1.165, 1.54) is 34.3 Å². The normalized spacial score (nSPS) is 14.5. The van der Waals surface area contributed by atoms with Crippen molar-refractivity contribution in [3.05, 3.63) is 45.6 Å². The third-order valence-corrected chi connectivity index (χ3v) is 6.32. The molecule has 1 aliphatic carbocycles. The molecule has 3 N–H and O–H groups in total. The molecule has 3 rings (SSSR count). The van der Waals surface area contributed by atoms with Gasteiger partial charge in [-0.3, -0.25) is 19.2 Å². The van der Waals surface area contributed by atoms with Crippen molar-refractivity contribution in [1.82, 2.24) is 10.6 Å². The van der Waals surface area contributed by atoms with Gasteiger partial charge < -0.3 is 34.9 Å². The van der Waals surface area contributed by atoms with E-state index >= 15 is 0 Å². The van der Waals surface area contributed by atoms with Crippen LogP contribution in [0.5, 0.6) is 17.2 Å². The zero-order chi connectivity index (χ0) is 28.0. The molecule has 0 unspecified atom stereocenters. The third-order valence-electron chi connectivity index (χ3n) is 6.32. The van der Waals surface area contributed by atoms with Gasteiger partial charge in [0.15, 0.2) is 11.5 Å². The molecule has 204 valence electrons. The highest BCUT2D eigenvalue weighted by Crippen LogP contribution is 2.50. The Bertz CT molecular complexity index is 1290. The molecule has 0 aliphatic heterocycles. The summed E-state index contributed by atoms with van der Waals surface area (Å²) in [6.45, 7) is 2.70. The number of carbonyl (C=O) groups is 3. The van der Waals surface area contributed by atoms with Gasteiger partial charge in [-0.2, -0.15) is 0 Å². The van der Waals surface area contributed by atoms with Crippen molar-refractivity contribution >= 4 is 23.5 Å². The second-order valence-corrected chi connectivity index (χ2v) is 8.76. The molecule has 0 aromatic heterocycles. The van der Waals surface area contributed by atoms with Crippen molar-refractivity contribution in [2.45, 2.75) is 38.8 Å². The predicted molar refractivity (Wildman–Crippen MR) is 141 cm³/mol. The van der Waals surface area contributed by atoms with E-state index < -0.39 is 24.0 Å². The van der Waals surface area contributed by atoms with E-state index in [4.69, 9.17) is 14.2 Å². The Morgan fingerprint density at radius 1 is 1.03 bits per heavy atom. The average molecular weight is 528 g/mol. The largest absolute Gasteiger partial charge is 0.493 e. The van der Waals surface area contributed by atoms with Crippen molar-refractivity contribution in [1.29, 1.82) is 0 Å². The number of amides is 2. The highest BCUT2D eigenvalue weighted by Gasteiger charge is 2.29. The van der Waals surface area contributed by atoms with Crippen LogP contribution in [0.15, 0.2) is 29.1 Å². The molecular formula is C27H33N3O8. The summed E-state index contributed by atoms with van der Waals surface area (Å²) >= 11 is 0. The minimum absolute atomic E-state index is 0.168. The van der Waals surface area contributed by atoms with Gasteiger partial charge in [0.25, 0.3) is 0 Å². The molecule has 2 amide bonds. The summed E-state index contributed by atoms with van der Waals surface area (Å²) in [5, 5.41) is 8.33. The standard InChI is InChI=1S/C27H33N3O8/c1-14(27(34)28-13-23(33)36-4)29-20-10-8-17-18(12-21(20)32)19(30-15(2)31)9-7-16-11-22(35-3)25(37-5)26(38-6)24(16)17/h8,10-12,14,19H,7,9,13H2,1-6H3,(H,28,34)(H,29,32)(H,30,31)/t14-,19-/m0/s1. The molecule has 0 bridgehead atoms. The van der Waals surface area contributed by atoms with Crippen LogP contribution >= 0.6 is 0 Å². The van der Waals surface area contributed by atoms with Crippen LogP contribution in [-0.4, -0.2) is 58.8 Å². The van der Waals surface area contributed by atoms with Gasteiger partial charge in [0.1, 0.15) is 12.6 Å². The number of carbonyl (C=O) groups excluding carboxylic acids is 3. The highest BCUT2D eigenvalue weighted by atomic mass is 16.5. The molecule has 38 heavy (non-hydrogen) atoms. The quantitative estimate of drug-likeness (QED) is 0.417. The van der Waals surface area contributed by atoms with E-state index in [9.17, 15) is 19.2 Å². The van der Waals surface area contributed by atoms with Gasteiger partial charge in [-0.1, -0.05) is 6.07 Å². The number of aryl methyl sites for hydroxylation is 1. The lowest BCUT2D eigenvalue weighted by Gasteiger charge is -2.19. The van der Waals surface area contributed by atoms with Crippen LogP contribution < -0.4 is 35.6 Å². The first-order valence-electron chi connectivity index (χ1n) is 12.0. The van der Waals surface area contributed by atoms with Crippen molar-refractivity contribution in [2.24, 2.45) is 0 Å². The summed E-state index contributed by atoms with van der Waals surface area (Å²) in [6.07, 6.45) is 1.10. The lowest BCUT2D eigenvalue weighted by atomic mass is 9.95. The molecule has 2 aromatic carbocycles. The molecule has 1 aliphatic rings. The summed E-state index contributed by atoms with van der Waals surface area (Å²) in [7, 11) is 5.80. The van der Waals surface area contributed by atoms with Gasteiger partial charge >= 0.3 is 5.97 Å². The topological polar surface area (TPSA) is 141 Å². The molecular weight excluding hydrogens is 494 g/mol. The summed E-state index contributed by atoms with van der Waals surface area (Å²) in [5.41, 5.74) is 2.68. The summed E-state index contributed by atoms with van der Waals surface area (Å²) in [5.74, 6) is 0.0383. The number of benzene rings is 1. The number of hydrogen-bond acceptors (Lipinski definition) is 9. The molecule has 0 spiro atoms. The average Bonchev–Trinajstić information content (AvgIpc) is 3.14. The zero-order valence-corrected chi connectivity index (χ0v) is 22.4. The molecule has 11 nitrogen and oxygen atoms in total. The van der Waals surface area contributed by atoms with Crippen LogP contribution in [0.4, 0.5) is 5.69 Å². The SMILES string of the molecule is COC(=O)CNC(=O)[C@H](C)Nc1ccc2c(cc1=O)[C@@H](NC(C)=O)CCc1cc(OC)c(OC)c(OC)c1-2. The maximum atomic E-state index is 13.3. The number of methoxy groups -OCH3 is 4. The zero-order valence-electron chi connectivity index (χ0n) is 22.4. The van der Waals surface area contributed by atoms with Crippen LogP contribution in [0.3, 0.4) is 0 Å². The van der Waals surface area contributed by atoms with E-state index in [2.05, 4.69) is 20.7 Å². The highest BCUT2D eigenvalue weighted by molar-refractivity contribution is 5.88. The summed E-state index contributed by atoms with van der Waals surface area (Å²) in [4.78, 5) is 49.2. The summed E-state index contributed by atoms with van der Waals surface area (Å²) < 4.78 is 21.4. The van der Waals surface area contributed by atoms with E-state index in [-0.39, 0.29) is 23.6 Å². The molecule has 0 radical (unpaired) electrons. The van der Waals surface area contributed by atoms with E-state index in [1.54, 1.807) is 26.2 Å². The fourth-order valence-corrected chi connectivity index (χ4v) is 4.51. The number of hydrogen-bond donors (Lipinski definition) is 3. The number of nitrogens with one attached hydrogen (secondary N) is 3. The Labute approximate surface area is 220 Å². The Kier molecular flexibility index (Phi) is 9.16. The molecule has 2 atom stereocenters. The number of anilines is 1. The second-order valence-electron chi connectivity index (χ2n) is 8.76. The minimum atomic E-state index is -0.827. The third kappa shape index (κ3) is 5.99. The van der Waals surface area contributed by atoms with Crippen LogP contribution in [-0.2, 0) is 25.5 Å². The first kappa shape index (κ1) is 28.3. The molecule has 2 aromatic rings. The Morgan fingerprint density at radius 3 is 2.34 bits per heavy atom. The maximum Gasteiger partial charge on any atom is 0.325 e. The monoisotopic (exact) mass is 527 g/mol. The van der Waals surface area contributed by atoms with Crippen LogP contribution in [0.25, 0.3) is 11.1 Å². The van der Waals surface area contributed by atoms with Crippen molar-refractivity contribution in [3.8, 4) is 28.4 Å². The van der Waals surface area contributed by atoms with E-state index in [1.807, 2.05) is 6.07 Å². The van der Waals surface area contributed by atoms with Gasteiger partial charge in [-0.25, -0.2) is 0 Å². The van der Waals surface area contributed by atoms with E-state index in [0.29, 0.717) is 41.2 Å². The fourth-order valence-electron chi connectivity index (χ4n) is 4.51. The van der Waals surface area contributed by atoms with E-state index in [0.717, 1.165) is 11.1 Å². The molecule has 11 heteroatoms. The van der Waals surface area contributed by atoms with Gasteiger partial charge in [-0.05, 0) is 54.7 Å². The van der Waals surface area contributed by atoms with Crippen molar-refractivity contribution < 1.29 is 33.3 Å². The minimum Gasteiger partial charge on any atom is -0.493 e. The molecule has 0 heterocycles. The maximum absolute atomic E-state index is 13.3. The number of rotatable bonds is 9. The van der Waals surface area contributed by atoms with Gasteiger partial charge in [0, 0.05) is 12.5 Å². The lowest BCUT2D eigenvalue weighted by Crippen LogP contribution is -2.40. The number of ether oxygens (including phenoxy) is 4. The van der Waals surface area contributed by atoms with Crippen LogP contribution in [0.2, 0.25) is 0 Å². The van der Waals surface area contributed by atoms with Crippen molar-refractivity contribution in [2.75, 3.05) is 40.3 Å². The van der Waals surface area contributed by atoms with Crippen LogP contribution in [0, 0.1) is 0 Å². The van der Waals surface area contributed by atoms with Crippen molar-refractivity contribution in [3.63, 3.8) is 0 Å². The number of fused-ring (bicyclic) bond motifs is 3. The number of esters is 1. The summed E-state index contributed by atoms with van der Waals surface area (Å²) in [6, 6.07) is 5.39. The molecule has 0 saturated heterocycles. The van der Waals surface area contributed by atoms with Gasteiger partial charge in [0.05, 0.1) is 40.2 Å². The lowest BCUT2D eigenvalue weighted by molar-refractivity contribution is -0.141. The smallest absolute Gasteiger partial charge is 0.325 e. The first-order chi connectivity index (χ1) is 18.1. The first-order valence-corrected chi connectivity index (χ1v) is 12.0. The van der Waals surface area contributed by atoms with Gasteiger partial charge in [-0.15, -0.1) is 0 Å². The molecule has 0 fully saturated rings. The van der Waals surface area contributed by atoms with Gasteiger partial charge in [0.2, 0.25) is 23.0 Å². The Morgan fingerprint density at radius 2 is 1.74 bits per heavy atom. The fraction of sp³-hybridized carbons (Fsp3) is 0.407. The second kappa shape index (κ2) is 12.3.